The van der Waals surface area contributed by atoms with Gasteiger partial charge in [-0.1, -0.05) is 15.9 Å². The van der Waals surface area contributed by atoms with E-state index in [1.54, 1.807) is 26.4 Å². The third-order valence-corrected chi connectivity index (χ3v) is 4.27. The molecule has 1 unspecified atom stereocenters. The fraction of sp³-hybridized carbons (Fsp3) is 0.500. The van der Waals surface area contributed by atoms with E-state index in [1.165, 1.54) is 0 Å². The number of rotatable bonds is 5. The predicted molar refractivity (Wildman–Crippen MR) is 83.6 cm³/mol. The van der Waals surface area contributed by atoms with Crippen molar-refractivity contribution < 1.29 is 14.3 Å². The van der Waals surface area contributed by atoms with Crippen LogP contribution >= 0.6 is 15.9 Å². The largest absolute Gasteiger partial charge is 0.493 e. The Morgan fingerprint density at radius 3 is 2.38 bits per heavy atom. The van der Waals surface area contributed by atoms with Gasteiger partial charge in [-0.05, 0) is 17.7 Å². The van der Waals surface area contributed by atoms with Crippen LogP contribution in [0.2, 0.25) is 0 Å². The third-order valence-electron chi connectivity index (χ3n) is 3.58. The molecule has 1 atom stereocenters. The van der Waals surface area contributed by atoms with Crippen molar-refractivity contribution in [3.63, 3.8) is 0 Å². The fourth-order valence-electron chi connectivity index (χ4n) is 2.55. The summed E-state index contributed by atoms with van der Waals surface area (Å²) in [5.41, 5.74) is 6.43. The van der Waals surface area contributed by atoms with Crippen molar-refractivity contribution in [2.75, 3.05) is 40.4 Å². The van der Waals surface area contributed by atoms with E-state index < -0.39 is 6.04 Å². The molecule has 1 aliphatic rings. The van der Waals surface area contributed by atoms with Crippen molar-refractivity contribution >= 4 is 21.8 Å². The van der Waals surface area contributed by atoms with Crippen LogP contribution in [0.4, 0.5) is 0 Å². The Morgan fingerprint density at radius 2 is 1.86 bits per heavy atom. The molecule has 0 saturated carbocycles. The van der Waals surface area contributed by atoms with E-state index in [2.05, 4.69) is 26.1 Å². The van der Waals surface area contributed by atoms with Crippen LogP contribution in [0.25, 0.3) is 0 Å². The van der Waals surface area contributed by atoms with Crippen LogP contribution in [-0.2, 0) is 4.79 Å². The summed E-state index contributed by atoms with van der Waals surface area (Å²) >= 11 is 3.50. The van der Waals surface area contributed by atoms with Crippen LogP contribution in [0, 0.1) is 0 Å². The summed E-state index contributed by atoms with van der Waals surface area (Å²) < 4.78 is 11.4. The molecule has 1 aliphatic heterocycles. The van der Waals surface area contributed by atoms with E-state index in [4.69, 9.17) is 15.2 Å². The highest BCUT2D eigenvalue weighted by Gasteiger charge is 2.29. The Labute approximate surface area is 132 Å². The van der Waals surface area contributed by atoms with Gasteiger partial charge in [0.05, 0.1) is 14.2 Å². The minimum absolute atomic E-state index is 0.371. The average Bonchev–Trinajstić information content (AvgIpc) is 2.49. The van der Waals surface area contributed by atoms with Crippen LogP contribution in [-0.4, -0.2) is 51.2 Å². The molecule has 3 N–H and O–H groups in total. The molecule has 1 fully saturated rings. The zero-order valence-corrected chi connectivity index (χ0v) is 13.8. The van der Waals surface area contributed by atoms with Crippen LogP contribution in [0.1, 0.15) is 11.6 Å². The van der Waals surface area contributed by atoms with E-state index in [-0.39, 0.29) is 5.91 Å². The summed E-state index contributed by atoms with van der Waals surface area (Å²) in [5.74, 6) is 0.818. The number of amides is 1. The maximum Gasteiger partial charge on any atom is 0.239 e. The lowest BCUT2D eigenvalue weighted by molar-refractivity contribution is -0.123. The first-order valence-electron chi connectivity index (χ1n) is 6.74. The zero-order valence-electron chi connectivity index (χ0n) is 12.2. The van der Waals surface area contributed by atoms with Crippen molar-refractivity contribution in [3.05, 3.63) is 22.2 Å². The lowest BCUT2D eigenvalue weighted by Crippen LogP contribution is -2.48. The van der Waals surface area contributed by atoms with Crippen LogP contribution in [0.15, 0.2) is 16.6 Å². The number of nitrogens with two attached hydrogens (primary N) is 1. The van der Waals surface area contributed by atoms with Crippen molar-refractivity contribution in [2.24, 2.45) is 5.73 Å². The Kier molecular flexibility index (Phi) is 5.44. The molecule has 1 heterocycles. The number of nitrogens with one attached hydrogen (secondary N) is 1. The number of halogens is 1. The molecule has 1 aromatic rings. The van der Waals surface area contributed by atoms with Crippen molar-refractivity contribution in [1.82, 2.24) is 10.2 Å². The van der Waals surface area contributed by atoms with Gasteiger partial charge in [0, 0.05) is 30.7 Å². The normalized spacial score (nSPS) is 17.3. The highest BCUT2D eigenvalue weighted by atomic mass is 79.9. The maximum absolute atomic E-state index is 12.0. The molecule has 21 heavy (non-hydrogen) atoms. The van der Waals surface area contributed by atoms with Gasteiger partial charge < -0.3 is 20.5 Å². The van der Waals surface area contributed by atoms with Crippen LogP contribution in [0.5, 0.6) is 11.5 Å². The highest BCUT2D eigenvalue weighted by Crippen LogP contribution is 2.37. The summed E-state index contributed by atoms with van der Waals surface area (Å²) in [6.45, 7) is 3.23. The van der Waals surface area contributed by atoms with Crippen molar-refractivity contribution in [1.29, 1.82) is 0 Å². The molecule has 0 spiro atoms. The molecular weight excluding hydrogens is 338 g/mol. The standard InChI is InChI=1S/C14H20BrN3O3/c1-20-11-7-9(10(15)8-12(11)21-2)13(14(16)19)18-5-3-17-4-6-18/h7-8,13,17H,3-6H2,1-2H3,(H2,16,19). The molecule has 1 aromatic carbocycles. The number of carbonyl (C=O) groups excluding carboxylic acids is 1. The van der Waals surface area contributed by atoms with Crippen LogP contribution < -0.4 is 20.5 Å². The fourth-order valence-corrected chi connectivity index (χ4v) is 3.09. The molecule has 116 valence electrons. The Morgan fingerprint density at radius 1 is 1.29 bits per heavy atom. The van der Waals surface area contributed by atoms with E-state index in [9.17, 15) is 4.79 Å². The number of primary amides is 1. The first kappa shape index (κ1) is 16.1. The van der Waals surface area contributed by atoms with E-state index in [0.717, 1.165) is 36.2 Å². The number of hydrogen-bond donors (Lipinski definition) is 2. The highest BCUT2D eigenvalue weighted by molar-refractivity contribution is 9.10. The van der Waals surface area contributed by atoms with Gasteiger partial charge in [0.15, 0.2) is 11.5 Å². The minimum Gasteiger partial charge on any atom is -0.493 e. The second-order valence-electron chi connectivity index (χ2n) is 4.82. The van der Waals surface area contributed by atoms with Crippen molar-refractivity contribution in [2.45, 2.75) is 6.04 Å². The average molecular weight is 358 g/mol. The summed E-state index contributed by atoms with van der Waals surface area (Å²) in [6.07, 6.45) is 0. The summed E-state index contributed by atoms with van der Waals surface area (Å²) in [6, 6.07) is 3.12. The molecule has 0 bridgehead atoms. The molecule has 0 aliphatic carbocycles. The number of benzene rings is 1. The van der Waals surface area contributed by atoms with Gasteiger partial charge in [0.1, 0.15) is 6.04 Å². The second-order valence-corrected chi connectivity index (χ2v) is 5.67. The van der Waals surface area contributed by atoms with Gasteiger partial charge in [-0.15, -0.1) is 0 Å². The first-order chi connectivity index (χ1) is 10.1. The lowest BCUT2D eigenvalue weighted by Gasteiger charge is -2.33. The summed E-state index contributed by atoms with van der Waals surface area (Å²) in [4.78, 5) is 14.0. The summed E-state index contributed by atoms with van der Waals surface area (Å²) in [5, 5.41) is 3.27. The monoisotopic (exact) mass is 357 g/mol. The van der Waals surface area contributed by atoms with Gasteiger partial charge in [-0.2, -0.15) is 0 Å². The quantitative estimate of drug-likeness (QED) is 0.818. The Hall–Kier alpha value is -1.31. The number of hydrogen-bond acceptors (Lipinski definition) is 5. The smallest absolute Gasteiger partial charge is 0.239 e. The molecule has 2 rings (SSSR count). The molecule has 0 radical (unpaired) electrons. The predicted octanol–water partition coefficient (Wildman–Crippen LogP) is 0.898. The molecule has 1 amide bonds. The zero-order chi connectivity index (χ0) is 15.4. The lowest BCUT2D eigenvalue weighted by atomic mass is 10.0. The van der Waals surface area contributed by atoms with E-state index >= 15 is 0 Å². The van der Waals surface area contributed by atoms with Gasteiger partial charge in [-0.3, -0.25) is 9.69 Å². The maximum atomic E-state index is 12.0. The van der Waals surface area contributed by atoms with Gasteiger partial charge >= 0.3 is 0 Å². The number of piperazine rings is 1. The SMILES string of the molecule is COc1cc(Br)c(C(C(N)=O)N2CCNCC2)cc1OC. The van der Waals surface area contributed by atoms with Crippen LogP contribution in [0.3, 0.4) is 0 Å². The van der Waals surface area contributed by atoms with Crippen molar-refractivity contribution in [3.8, 4) is 11.5 Å². The van der Waals surface area contributed by atoms with Gasteiger partial charge in [-0.25, -0.2) is 0 Å². The molecule has 7 heteroatoms. The Bertz CT molecular complexity index is 518. The minimum atomic E-state index is -0.485. The molecular formula is C14H20BrN3O3. The van der Waals surface area contributed by atoms with E-state index in [0.29, 0.717) is 11.5 Å². The Balaban J connectivity index is 2.42. The number of ether oxygens (including phenoxy) is 2. The summed E-state index contributed by atoms with van der Waals surface area (Å²) in [7, 11) is 3.14. The molecule has 6 nitrogen and oxygen atoms in total. The topological polar surface area (TPSA) is 76.8 Å². The van der Waals surface area contributed by atoms with Gasteiger partial charge in [0.2, 0.25) is 5.91 Å². The number of carbonyl (C=O) groups is 1. The first-order valence-corrected chi connectivity index (χ1v) is 7.53. The number of nitrogens with zero attached hydrogens (tertiary/aromatic N) is 1. The van der Waals surface area contributed by atoms with E-state index in [1.807, 2.05) is 0 Å². The second kappa shape index (κ2) is 7.11. The number of methoxy groups -OCH3 is 2. The molecule has 0 aromatic heterocycles. The van der Waals surface area contributed by atoms with Gasteiger partial charge in [0.25, 0.3) is 0 Å². The molecule has 1 saturated heterocycles. The third kappa shape index (κ3) is 3.48.